The molecule has 0 aromatic heterocycles. The van der Waals surface area contributed by atoms with Crippen LogP contribution in [-0.2, 0) is 0 Å². The third-order valence-corrected chi connectivity index (χ3v) is 3.29. The van der Waals surface area contributed by atoms with Crippen molar-refractivity contribution < 1.29 is 0 Å². The fourth-order valence-corrected chi connectivity index (χ4v) is 2.50. The monoisotopic (exact) mass is 222 g/mol. The van der Waals surface area contributed by atoms with Gasteiger partial charge in [0.2, 0.25) is 0 Å². The van der Waals surface area contributed by atoms with Crippen LogP contribution in [0.2, 0.25) is 0 Å². The van der Waals surface area contributed by atoms with E-state index in [4.69, 9.17) is 0 Å². The molecular weight excluding hydrogens is 208 g/mol. The molecule has 4 unspecified atom stereocenters. The van der Waals surface area contributed by atoms with Gasteiger partial charge in [0.05, 0.1) is 0 Å². The Kier molecular flexibility index (Phi) is 4.15. The van der Waals surface area contributed by atoms with E-state index in [-0.39, 0.29) is 0 Å². The molecular formula is C7H14P4. The Morgan fingerprint density at radius 1 is 1.09 bits per heavy atom. The molecule has 0 N–H and O–H groups in total. The lowest BCUT2D eigenvalue weighted by Crippen LogP contribution is -1.97. The lowest BCUT2D eigenvalue weighted by Gasteiger charge is -2.12. The van der Waals surface area contributed by atoms with Crippen molar-refractivity contribution in [3.8, 4) is 0 Å². The van der Waals surface area contributed by atoms with Crippen LogP contribution < -0.4 is 0 Å². The van der Waals surface area contributed by atoms with Crippen molar-refractivity contribution in [3.05, 3.63) is 23.3 Å². The summed E-state index contributed by atoms with van der Waals surface area (Å²) in [5.74, 6) is 0. The largest absolute Gasteiger partial charge is 0.126 e. The van der Waals surface area contributed by atoms with Crippen molar-refractivity contribution in [3.63, 3.8) is 0 Å². The number of hydrogen-bond donors (Lipinski definition) is 0. The van der Waals surface area contributed by atoms with E-state index in [2.05, 4.69) is 49.1 Å². The summed E-state index contributed by atoms with van der Waals surface area (Å²) in [4.78, 5) is 0. The molecule has 0 saturated heterocycles. The summed E-state index contributed by atoms with van der Waals surface area (Å²) >= 11 is 0. The van der Waals surface area contributed by atoms with Crippen LogP contribution >= 0.6 is 37.0 Å². The Bertz CT molecular complexity index is 202. The van der Waals surface area contributed by atoms with Gasteiger partial charge in [-0.15, -0.1) is 37.0 Å². The highest BCUT2D eigenvalue weighted by Gasteiger charge is 2.14. The lowest BCUT2D eigenvalue weighted by molar-refractivity contribution is 1.19. The average molecular weight is 222 g/mol. The molecule has 0 aliphatic heterocycles. The summed E-state index contributed by atoms with van der Waals surface area (Å²) in [6.45, 7) is 0. The first-order valence-electron chi connectivity index (χ1n) is 3.54. The zero-order valence-corrected chi connectivity index (χ0v) is 10.9. The third-order valence-electron chi connectivity index (χ3n) is 1.77. The van der Waals surface area contributed by atoms with Gasteiger partial charge in [-0.05, 0) is 12.0 Å². The normalized spacial score (nSPS) is 17.6. The highest BCUT2D eigenvalue weighted by molar-refractivity contribution is 7.39. The summed E-state index contributed by atoms with van der Waals surface area (Å²) in [6, 6.07) is 0. The zero-order valence-electron chi connectivity index (χ0n) is 6.33. The van der Waals surface area contributed by atoms with Crippen LogP contribution in [0.5, 0.6) is 0 Å². The molecule has 0 aromatic carbocycles. The Morgan fingerprint density at radius 2 is 1.73 bits per heavy atom. The average Bonchev–Trinajstić information content (AvgIpc) is 2.32. The molecule has 0 amide bonds. The summed E-state index contributed by atoms with van der Waals surface area (Å²) in [7, 11) is 11.2. The Morgan fingerprint density at radius 3 is 2.09 bits per heavy atom. The second-order valence-electron chi connectivity index (χ2n) is 2.64. The van der Waals surface area contributed by atoms with Crippen molar-refractivity contribution in [2.45, 2.75) is 17.2 Å². The van der Waals surface area contributed by atoms with Gasteiger partial charge in [0.15, 0.2) is 0 Å². The topological polar surface area (TPSA) is 0 Å². The van der Waals surface area contributed by atoms with Gasteiger partial charge in [-0.1, -0.05) is 17.7 Å². The van der Waals surface area contributed by atoms with Gasteiger partial charge in [-0.2, -0.15) is 0 Å². The smallest absolute Gasteiger partial charge is 0.0128 e. The fourth-order valence-electron chi connectivity index (χ4n) is 1.19. The SMILES string of the molecule is PC(P)C1=C(C(P)P)CC=C1. The first-order chi connectivity index (χ1) is 5.13. The standard InChI is InChI=1S/C7H14P4/c8-6(9)4-2-1-3-5(4)7(10)11/h1-2,6-7H,3,8-11H2. The number of hydrogen-bond acceptors (Lipinski definition) is 0. The maximum Gasteiger partial charge on any atom is 0.0128 e. The predicted octanol–water partition coefficient (Wildman–Crippen LogP) is 2.40. The maximum absolute atomic E-state index is 2.82. The van der Waals surface area contributed by atoms with Crippen LogP contribution in [0, 0.1) is 0 Å². The van der Waals surface area contributed by atoms with Crippen LogP contribution in [0.3, 0.4) is 0 Å². The highest BCUT2D eigenvalue weighted by atomic mass is 31.1. The molecule has 0 radical (unpaired) electrons. The van der Waals surface area contributed by atoms with Gasteiger partial charge in [0, 0.05) is 10.8 Å². The predicted molar refractivity (Wildman–Crippen MR) is 67.2 cm³/mol. The molecule has 0 spiro atoms. The maximum atomic E-state index is 2.82. The van der Waals surface area contributed by atoms with Gasteiger partial charge < -0.3 is 0 Å². The Labute approximate surface area is 77.9 Å². The molecule has 0 heterocycles. The number of rotatable bonds is 2. The molecule has 1 aliphatic carbocycles. The van der Waals surface area contributed by atoms with Crippen LogP contribution in [0.4, 0.5) is 0 Å². The summed E-state index contributed by atoms with van der Waals surface area (Å²) in [6.07, 6.45) is 5.57. The molecule has 1 aliphatic rings. The van der Waals surface area contributed by atoms with Crippen LogP contribution in [0.1, 0.15) is 6.42 Å². The third kappa shape index (κ3) is 2.57. The molecule has 4 heteroatoms. The Balaban J connectivity index is 2.84. The van der Waals surface area contributed by atoms with Crippen LogP contribution in [-0.4, -0.2) is 10.8 Å². The first-order valence-corrected chi connectivity index (χ1v) is 6.21. The van der Waals surface area contributed by atoms with E-state index in [0.717, 1.165) is 6.42 Å². The number of allylic oxidation sites excluding steroid dienone is 4. The first kappa shape index (κ1) is 10.3. The molecule has 11 heavy (non-hydrogen) atoms. The van der Waals surface area contributed by atoms with Gasteiger partial charge >= 0.3 is 0 Å². The zero-order chi connectivity index (χ0) is 8.43. The fraction of sp³-hybridized carbons (Fsp3) is 0.429. The van der Waals surface area contributed by atoms with E-state index in [0.29, 0.717) is 10.8 Å². The van der Waals surface area contributed by atoms with Gasteiger partial charge in [-0.3, -0.25) is 0 Å². The minimum atomic E-state index is 0.507. The quantitative estimate of drug-likeness (QED) is 0.629. The second-order valence-corrected chi connectivity index (χ2v) is 7.05. The van der Waals surface area contributed by atoms with E-state index < -0.39 is 0 Å². The summed E-state index contributed by atoms with van der Waals surface area (Å²) < 4.78 is 0. The van der Waals surface area contributed by atoms with Crippen molar-refractivity contribution >= 4 is 37.0 Å². The summed E-state index contributed by atoms with van der Waals surface area (Å²) in [5, 5.41) is 1.04. The van der Waals surface area contributed by atoms with Gasteiger partial charge in [0.25, 0.3) is 0 Å². The van der Waals surface area contributed by atoms with Crippen molar-refractivity contribution in [2.24, 2.45) is 0 Å². The summed E-state index contributed by atoms with van der Waals surface area (Å²) in [5.41, 5.74) is 2.98. The van der Waals surface area contributed by atoms with Crippen molar-refractivity contribution in [2.75, 3.05) is 0 Å². The highest BCUT2D eigenvalue weighted by Crippen LogP contribution is 2.35. The minimum Gasteiger partial charge on any atom is -0.126 e. The van der Waals surface area contributed by atoms with E-state index in [9.17, 15) is 0 Å². The molecule has 0 saturated carbocycles. The molecule has 0 nitrogen and oxygen atoms in total. The van der Waals surface area contributed by atoms with Crippen molar-refractivity contribution in [1.29, 1.82) is 0 Å². The molecule has 0 bridgehead atoms. The van der Waals surface area contributed by atoms with E-state index in [1.807, 2.05) is 0 Å². The van der Waals surface area contributed by atoms with E-state index in [1.165, 1.54) is 11.1 Å². The molecule has 4 atom stereocenters. The molecule has 1 rings (SSSR count). The van der Waals surface area contributed by atoms with Crippen LogP contribution in [0.25, 0.3) is 0 Å². The van der Waals surface area contributed by atoms with Gasteiger partial charge in [0.1, 0.15) is 0 Å². The molecule has 0 fully saturated rings. The van der Waals surface area contributed by atoms with E-state index in [1.54, 1.807) is 0 Å². The second kappa shape index (κ2) is 4.44. The van der Waals surface area contributed by atoms with Crippen molar-refractivity contribution in [1.82, 2.24) is 0 Å². The minimum absolute atomic E-state index is 0.507. The molecule has 62 valence electrons. The molecule has 0 aromatic rings. The van der Waals surface area contributed by atoms with Gasteiger partial charge in [-0.25, -0.2) is 0 Å². The van der Waals surface area contributed by atoms with Crippen LogP contribution in [0.15, 0.2) is 23.3 Å². The van der Waals surface area contributed by atoms with E-state index >= 15 is 0 Å². The lowest BCUT2D eigenvalue weighted by atomic mass is 10.2. The Hall–Kier alpha value is 1.20.